The summed E-state index contributed by atoms with van der Waals surface area (Å²) in [6.45, 7) is 7.67. The number of nitrogens with zero attached hydrogens (tertiary/aromatic N) is 2. The van der Waals surface area contributed by atoms with E-state index in [2.05, 4.69) is 6.58 Å². The van der Waals surface area contributed by atoms with E-state index in [1.54, 1.807) is 47.5 Å². The predicted molar refractivity (Wildman–Crippen MR) is 130 cm³/mol. The van der Waals surface area contributed by atoms with Gasteiger partial charge in [0.1, 0.15) is 12.4 Å². The third-order valence-corrected chi connectivity index (χ3v) is 8.10. The van der Waals surface area contributed by atoms with Crippen molar-refractivity contribution in [3.63, 3.8) is 0 Å². The van der Waals surface area contributed by atoms with Crippen molar-refractivity contribution in [1.29, 1.82) is 0 Å². The lowest BCUT2D eigenvalue weighted by Gasteiger charge is -2.40. The van der Waals surface area contributed by atoms with Gasteiger partial charge in [0.15, 0.2) is 0 Å². The molecule has 0 radical (unpaired) electrons. The Balaban J connectivity index is 1.65. The van der Waals surface area contributed by atoms with E-state index in [1.807, 2.05) is 26.0 Å². The summed E-state index contributed by atoms with van der Waals surface area (Å²) in [5.74, 6) is -0.133. The van der Waals surface area contributed by atoms with Crippen LogP contribution in [-0.2, 0) is 26.0 Å². The van der Waals surface area contributed by atoms with Crippen LogP contribution >= 0.6 is 0 Å². The molecule has 1 saturated carbocycles. The van der Waals surface area contributed by atoms with E-state index >= 15 is 0 Å². The van der Waals surface area contributed by atoms with E-state index in [-0.39, 0.29) is 29.2 Å². The highest BCUT2D eigenvalue weighted by atomic mass is 32.2. The highest BCUT2D eigenvalue weighted by Gasteiger charge is 2.42. The van der Waals surface area contributed by atoms with Gasteiger partial charge in [0, 0.05) is 30.5 Å². The molecule has 2 aromatic carbocycles. The molecule has 1 aliphatic rings. The number of fused-ring (bicyclic) bond motifs is 1. The first kappa shape index (κ1) is 23.8. The number of aryl methyl sites for hydroxylation is 1. The molecule has 1 heterocycles. The molecule has 0 N–H and O–H groups in total. The van der Waals surface area contributed by atoms with E-state index < -0.39 is 16.1 Å². The molecule has 34 heavy (non-hydrogen) atoms. The molecule has 8 heteroatoms. The summed E-state index contributed by atoms with van der Waals surface area (Å²) in [6, 6.07) is 13.8. The van der Waals surface area contributed by atoms with Crippen LogP contribution in [-0.4, -0.2) is 48.4 Å². The standard InChI is InChI=1S/C26H28N2O5S/c1-4-15-33-26(30)27(24-16-25(29)19(24)3)14-13-20-17-28(23-8-6-5-7-22(20)23)34(31,32)21-11-9-18(2)10-12-21/h4-12,17,19,24H,1,13-16H2,2-3H3. The summed E-state index contributed by atoms with van der Waals surface area (Å²) in [5.41, 5.74) is 2.35. The fourth-order valence-electron chi connectivity index (χ4n) is 4.29. The summed E-state index contributed by atoms with van der Waals surface area (Å²) in [7, 11) is -3.80. The van der Waals surface area contributed by atoms with E-state index in [4.69, 9.17) is 4.74 Å². The average Bonchev–Trinajstić information content (AvgIpc) is 3.21. The number of aromatic nitrogens is 1. The van der Waals surface area contributed by atoms with Crippen LogP contribution in [0.25, 0.3) is 10.9 Å². The summed E-state index contributed by atoms with van der Waals surface area (Å²) >= 11 is 0. The van der Waals surface area contributed by atoms with Gasteiger partial charge in [0.05, 0.1) is 16.5 Å². The summed E-state index contributed by atoms with van der Waals surface area (Å²) in [6.07, 6.45) is 3.34. The SMILES string of the molecule is C=CCOC(=O)N(CCc1cn(S(=O)(=O)c2ccc(C)cc2)c2ccccc12)C1CC(=O)C1C. The number of para-hydroxylation sites is 1. The normalized spacial score (nSPS) is 17.9. The van der Waals surface area contributed by atoms with E-state index in [9.17, 15) is 18.0 Å². The number of amides is 1. The lowest BCUT2D eigenvalue weighted by Crippen LogP contribution is -2.54. The van der Waals surface area contributed by atoms with Gasteiger partial charge >= 0.3 is 6.09 Å². The van der Waals surface area contributed by atoms with Crippen LogP contribution in [0.5, 0.6) is 0 Å². The van der Waals surface area contributed by atoms with Crippen molar-refractivity contribution in [3.8, 4) is 0 Å². The molecule has 0 spiro atoms. The zero-order valence-corrected chi connectivity index (χ0v) is 20.1. The fraction of sp³-hybridized carbons (Fsp3) is 0.308. The Morgan fingerprint density at radius 3 is 2.56 bits per heavy atom. The number of carbonyl (C=O) groups excluding carboxylic acids is 2. The van der Waals surface area contributed by atoms with Gasteiger partial charge in [-0.25, -0.2) is 17.2 Å². The number of Topliss-reactive ketones (excluding diaryl/α,β-unsaturated/α-hetero) is 1. The molecule has 178 valence electrons. The van der Waals surface area contributed by atoms with Gasteiger partial charge < -0.3 is 9.64 Å². The maximum atomic E-state index is 13.4. The Labute approximate surface area is 199 Å². The maximum Gasteiger partial charge on any atom is 0.410 e. The molecule has 4 rings (SSSR count). The molecule has 0 saturated heterocycles. The molecule has 7 nitrogen and oxygen atoms in total. The quantitative estimate of drug-likeness (QED) is 0.448. The van der Waals surface area contributed by atoms with Crippen molar-refractivity contribution in [2.75, 3.05) is 13.2 Å². The Kier molecular flexibility index (Phi) is 6.61. The summed E-state index contributed by atoms with van der Waals surface area (Å²) in [4.78, 5) is 26.3. The molecule has 3 aromatic rings. The number of hydrogen-bond acceptors (Lipinski definition) is 5. The molecule has 1 aliphatic carbocycles. The molecule has 0 aliphatic heterocycles. The van der Waals surface area contributed by atoms with Gasteiger partial charge in [-0.2, -0.15) is 0 Å². The molecule has 1 fully saturated rings. The van der Waals surface area contributed by atoms with Crippen LogP contribution in [0.4, 0.5) is 4.79 Å². The fourth-order valence-corrected chi connectivity index (χ4v) is 5.68. The van der Waals surface area contributed by atoms with Gasteiger partial charge in [0.25, 0.3) is 10.0 Å². The number of hydrogen-bond donors (Lipinski definition) is 0. The third kappa shape index (κ3) is 4.37. The largest absolute Gasteiger partial charge is 0.445 e. The first-order valence-corrected chi connectivity index (χ1v) is 12.7. The number of benzene rings is 2. The number of rotatable bonds is 8. The second-order valence-corrected chi connectivity index (χ2v) is 10.4. The minimum absolute atomic E-state index is 0.0818. The van der Waals surface area contributed by atoms with Crippen LogP contribution in [0.3, 0.4) is 0 Å². The van der Waals surface area contributed by atoms with Crippen molar-refractivity contribution in [2.24, 2.45) is 5.92 Å². The van der Waals surface area contributed by atoms with Gasteiger partial charge in [-0.15, -0.1) is 0 Å². The van der Waals surface area contributed by atoms with E-state index in [1.165, 1.54) is 10.0 Å². The average molecular weight is 481 g/mol. The minimum Gasteiger partial charge on any atom is -0.445 e. The smallest absolute Gasteiger partial charge is 0.410 e. The van der Waals surface area contributed by atoms with Gasteiger partial charge in [0.2, 0.25) is 0 Å². The van der Waals surface area contributed by atoms with Crippen LogP contribution in [0.2, 0.25) is 0 Å². The molecular formula is C26H28N2O5S. The monoisotopic (exact) mass is 480 g/mol. The van der Waals surface area contributed by atoms with Crippen molar-refractivity contribution in [1.82, 2.24) is 8.87 Å². The second-order valence-electron chi connectivity index (χ2n) is 8.62. The van der Waals surface area contributed by atoms with Crippen molar-refractivity contribution >= 4 is 32.8 Å². The first-order valence-electron chi connectivity index (χ1n) is 11.2. The first-order chi connectivity index (χ1) is 16.2. The minimum atomic E-state index is -3.80. The Bertz CT molecular complexity index is 1340. The number of ether oxygens (including phenoxy) is 1. The topological polar surface area (TPSA) is 85.7 Å². The molecule has 1 aromatic heterocycles. The van der Waals surface area contributed by atoms with Crippen molar-refractivity contribution < 1.29 is 22.7 Å². The highest BCUT2D eigenvalue weighted by Crippen LogP contribution is 2.31. The molecule has 1 amide bonds. The van der Waals surface area contributed by atoms with E-state index in [0.717, 1.165) is 16.5 Å². The second kappa shape index (κ2) is 9.46. The molecular weight excluding hydrogens is 452 g/mol. The summed E-state index contributed by atoms with van der Waals surface area (Å²) < 4.78 is 33.4. The third-order valence-electron chi connectivity index (χ3n) is 6.42. The number of carbonyl (C=O) groups is 2. The Hall–Kier alpha value is -3.39. The molecule has 2 atom stereocenters. The van der Waals surface area contributed by atoms with Gasteiger partial charge in [-0.1, -0.05) is 55.5 Å². The Morgan fingerprint density at radius 2 is 1.91 bits per heavy atom. The van der Waals surface area contributed by atoms with Crippen LogP contribution in [0, 0.1) is 12.8 Å². The van der Waals surface area contributed by atoms with Crippen molar-refractivity contribution in [3.05, 3.63) is 78.5 Å². The van der Waals surface area contributed by atoms with Crippen LogP contribution < -0.4 is 0 Å². The zero-order chi connectivity index (χ0) is 24.5. The summed E-state index contributed by atoms with van der Waals surface area (Å²) in [5, 5.41) is 0.801. The lowest BCUT2D eigenvalue weighted by molar-refractivity contribution is -0.134. The predicted octanol–water partition coefficient (Wildman–Crippen LogP) is 4.33. The molecule has 2 unspecified atom stereocenters. The maximum absolute atomic E-state index is 13.4. The Morgan fingerprint density at radius 1 is 1.21 bits per heavy atom. The number of ketones is 1. The van der Waals surface area contributed by atoms with Gasteiger partial charge in [-0.3, -0.25) is 4.79 Å². The van der Waals surface area contributed by atoms with Gasteiger partial charge in [-0.05, 0) is 37.1 Å². The lowest BCUT2D eigenvalue weighted by atomic mass is 9.78. The van der Waals surface area contributed by atoms with Crippen LogP contribution in [0.15, 0.2) is 72.3 Å². The highest BCUT2D eigenvalue weighted by molar-refractivity contribution is 7.90. The zero-order valence-electron chi connectivity index (χ0n) is 19.3. The van der Waals surface area contributed by atoms with E-state index in [0.29, 0.717) is 24.9 Å². The molecule has 0 bridgehead atoms. The van der Waals surface area contributed by atoms with Crippen molar-refractivity contribution in [2.45, 2.75) is 37.6 Å². The van der Waals surface area contributed by atoms with Crippen LogP contribution in [0.1, 0.15) is 24.5 Å².